The number of rotatable bonds is 6. The number of benzene rings is 1. The van der Waals surface area contributed by atoms with E-state index in [0.29, 0.717) is 37.7 Å². The molecule has 2 aromatic rings. The van der Waals surface area contributed by atoms with Crippen LogP contribution >= 0.6 is 11.6 Å². The molecule has 0 radical (unpaired) electrons. The van der Waals surface area contributed by atoms with Crippen molar-refractivity contribution in [3.05, 3.63) is 41.2 Å². The molecule has 0 saturated carbocycles. The topological polar surface area (TPSA) is 101 Å². The predicted octanol–water partition coefficient (Wildman–Crippen LogP) is 0.604. The Labute approximate surface area is 162 Å². The van der Waals surface area contributed by atoms with Crippen LogP contribution in [0.3, 0.4) is 0 Å². The third-order valence-corrected chi connectivity index (χ3v) is 6.18. The summed E-state index contributed by atoms with van der Waals surface area (Å²) in [6, 6.07) is 7.37. The SMILES string of the molecule is CS(=O)(=O)N1CCN(C(=O)CC(Cn2cnnn2)c2ccc(Cl)cc2)CC1. The summed E-state index contributed by atoms with van der Waals surface area (Å²) in [5.74, 6) is -0.137. The maximum absolute atomic E-state index is 12.8. The molecule has 1 unspecified atom stereocenters. The quantitative estimate of drug-likeness (QED) is 0.688. The third kappa shape index (κ3) is 5.24. The van der Waals surface area contributed by atoms with Crippen LogP contribution in [-0.4, -0.2) is 76.2 Å². The number of hydrogen-bond donors (Lipinski definition) is 0. The Balaban J connectivity index is 1.68. The summed E-state index contributed by atoms with van der Waals surface area (Å²) in [6.45, 7) is 1.89. The number of nitrogens with zero attached hydrogens (tertiary/aromatic N) is 6. The van der Waals surface area contributed by atoms with Gasteiger partial charge in [0.15, 0.2) is 0 Å². The minimum Gasteiger partial charge on any atom is -0.340 e. The van der Waals surface area contributed by atoms with Crippen molar-refractivity contribution in [3.8, 4) is 0 Å². The zero-order chi connectivity index (χ0) is 19.4. The first-order chi connectivity index (χ1) is 12.8. The number of hydrogen-bond acceptors (Lipinski definition) is 6. The molecule has 9 nitrogen and oxygen atoms in total. The van der Waals surface area contributed by atoms with Crippen LogP contribution < -0.4 is 0 Å². The summed E-state index contributed by atoms with van der Waals surface area (Å²) in [5, 5.41) is 11.8. The van der Waals surface area contributed by atoms with Gasteiger partial charge in [0.1, 0.15) is 6.33 Å². The summed E-state index contributed by atoms with van der Waals surface area (Å²) in [7, 11) is -3.22. The van der Waals surface area contributed by atoms with Crippen LogP contribution in [-0.2, 0) is 21.4 Å². The van der Waals surface area contributed by atoms with Crippen LogP contribution in [0.1, 0.15) is 17.9 Å². The molecule has 1 aromatic heterocycles. The van der Waals surface area contributed by atoms with Crippen molar-refractivity contribution in [3.63, 3.8) is 0 Å². The zero-order valence-corrected chi connectivity index (χ0v) is 16.5. The van der Waals surface area contributed by atoms with Crippen LogP contribution in [0.2, 0.25) is 5.02 Å². The number of amides is 1. The van der Waals surface area contributed by atoms with Gasteiger partial charge in [-0.15, -0.1) is 5.10 Å². The van der Waals surface area contributed by atoms with Gasteiger partial charge in [0, 0.05) is 43.5 Å². The molecule has 1 amide bonds. The summed E-state index contributed by atoms with van der Waals surface area (Å²) < 4.78 is 26.2. The molecule has 1 saturated heterocycles. The Morgan fingerprint density at radius 1 is 1.19 bits per heavy atom. The number of sulfonamides is 1. The fourth-order valence-electron chi connectivity index (χ4n) is 3.12. The Morgan fingerprint density at radius 2 is 1.85 bits per heavy atom. The van der Waals surface area contributed by atoms with Crippen LogP contribution in [0, 0.1) is 0 Å². The average molecular weight is 413 g/mol. The van der Waals surface area contributed by atoms with E-state index in [-0.39, 0.29) is 18.2 Å². The maximum atomic E-state index is 12.8. The van der Waals surface area contributed by atoms with E-state index in [1.54, 1.807) is 21.7 Å². The minimum atomic E-state index is -3.22. The molecule has 146 valence electrons. The lowest BCUT2D eigenvalue weighted by Gasteiger charge is -2.34. The lowest BCUT2D eigenvalue weighted by Crippen LogP contribution is -2.50. The first kappa shape index (κ1) is 19.7. The van der Waals surface area contributed by atoms with Crippen LogP contribution in [0.5, 0.6) is 0 Å². The molecule has 1 fully saturated rings. The molecule has 0 N–H and O–H groups in total. The van der Waals surface area contributed by atoms with E-state index in [0.717, 1.165) is 5.56 Å². The van der Waals surface area contributed by atoms with Gasteiger partial charge in [-0.25, -0.2) is 13.1 Å². The highest BCUT2D eigenvalue weighted by atomic mass is 35.5. The Bertz CT molecular complexity index is 864. The largest absolute Gasteiger partial charge is 0.340 e. The van der Waals surface area contributed by atoms with Crippen molar-refractivity contribution < 1.29 is 13.2 Å². The second-order valence-electron chi connectivity index (χ2n) is 6.53. The highest BCUT2D eigenvalue weighted by Gasteiger charge is 2.28. The number of tetrazole rings is 1. The highest BCUT2D eigenvalue weighted by molar-refractivity contribution is 7.88. The van der Waals surface area contributed by atoms with E-state index in [4.69, 9.17) is 11.6 Å². The molecule has 0 bridgehead atoms. The second kappa shape index (κ2) is 8.32. The van der Waals surface area contributed by atoms with Crippen molar-refractivity contribution in [2.75, 3.05) is 32.4 Å². The fourth-order valence-corrected chi connectivity index (χ4v) is 4.07. The molecule has 1 atom stereocenters. The first-order valence-corrected chi connectivity index (χ1v) is 10.7. The van der Waals surface area contributed by atoms with Gasteiger partial charge in [-0.2, -0.15) is 4.31 Å². The van der Waals surface area contributed by atoms with Crippen molar-refractivity contribution in [1.29, 1.82) is 0 Å². The number of piperazine rings is 1. The number of aromatic nitrogens is 4. The van der Waals surface area contributed by atoms with Gasteiger partial charge < -0.3 is 4.90 Å². The normalized spacial score (nSPS) is 17.0. The Morgan fingerprint density at radius 3 is 2.41 bits per heavy atom. The zero-order valence-electron chi connectivity index (χ0n) is 14.9. The lowest BCUT2D eigenvalue weighted by molar-refractivity contribution is -0.132. The standard InChI is InChI=1S/C16H21ClN6O3S/c1-27(25,26)23-8-6-21(7-9-23)16(24)10-14(11-22-12-18-19-20-22)13-2-4-15(17)5-3-13/h2-5,12,14H,6-11H2,1H3. The van der Waals surface area contributed by atoms with Crippen molar-refractivity contribution in [2.24, 2.45) is 0 Å². The first-order valence-electron chi connectivity index (χ1n) is 8.52. The van der Waals surface area contributed by atoms with Gasteiger partial charge in [-0.3, -0.25) is 4.79 Å². The maximum Gasteiger partial charge on any atom is 0.223 e. The van der Waals surface area contributed by atoms with E-state index >= 15 is 0 Å². The predicted molar refractivity (Wildman–Crippen MR) is 99.6 cm³/mol. The van der Waals surface area contributed by atoms with Crippen molar-refractivity contribution in [1.82, 2.24) is 29.4 Å². The second-order valence-corrected chi connectivity index (χ2v) is 8.95. The lowest BCUT2D eigenvalue weighted by atomic mass is 9.95. The molecule has 1 aliphatic rings. The van der Waals surface area contributed by atoms with E-state index in [2.05, 4.69) is 15.5 Å². The van der Waals surface area contributed by atoms with Crippen molar-refractivity contribution >= 4 is 27.5 Å². The third-order valence-electron chi connectivity index (χ3n) is 4.62. The van der Waals surface area contributed by atoms with Crippen molar-refractivity contribution in [2.45, 2.75) is 18.9 Å². The number of halogens is 1. The molecule has 27 heavy (non-hydrogen) atoms. The smallest absolute Gasteiger partial charge is 0.223 e. The molecule has 11 heteroatoms. The van der Waals surface area contributed by atoms with Gasteiger partial charge in [-0.05, 0) is 28.1 Å². The Kier molecular flexibility index (Phi) is 6.08. The summed E-state index contributed by atoms with van der Waals surface area (Å²) in [6.07, 6.45) is 2.98. The van der Waals surface area contributed by atoms with E-state index in [9.17, 15) is 13.2 Å². The molecule has 0 spiro atoms. The number of carbonyl (C=O) groups is 1. The monoisotopic (exact) mass is 412 g/mol. The molecular weight excluding hydrogens is 392 g/mol. The molecule has 0 aliphatic carbocycles. The summed E-state index contributed by atoms with van der Waals surface area (Å²) in [4.78, 5) is 14.5. The molecule has 2 heterocycles. The van der Waals surface area contributed by atoms with Gasteiger partial charge in [-0.1, -0.05) is 23.7 Å². The molecule has 3 rings (SSSR count). The Hall–Kier alpha value is -2.04. The van der Waals surface area contributed by atoms with E-state index in [1.165, 1.54) is 16.9 Å². The minimum absolute atomic E-state index is 0.0174. The molecule has 1 aliphatic heterocycles. The fraction of sp³-hybridized carbons (Fsp3) is 0.500. The van der Waals surface area contributed by atoms with Crippen LogP contribution in [0.4, 0.5) is 0 Å². The summed E-state index contributed by atoms with van der Waals surface area (Å²) >= 11 is 5.97. The van der Waals surface area contributed by atoms with Gasteiger partial charge in [0.25, 0.3) is 0 Å². The van der Waals surface area contributed by atoms with Gasteiger partial charge in [0.2, 0.25) is 15.9 Å². The van der Waals surface area contributed by atoms with Crippen LogP contribution in [0.15, 0.2) is 30.6 Å². The van der Waals surface area contributed by atoms with Crippen LogP contribution in [0.25, 0.3) is 0 Å². The van der Waals surface area contributed by atoms with Gasteiger partial charge in [0.05, 0.1) is 12.8 Å². The molecule has 1 aromatic carbocycles. The van der Waals surface area contributed by atoms with E-state index < -0.39 is 10.0 Å². The highest BCUT2D eigenvalue weighted by Crippen LogP contribution is 2.24. The van der Waals surface area contributed by atoms with E-state index in [1.807, 2.05) is 12.1 Å². The number of carbonyl (C=O) groups excluding carboxylic acids is 1. The molecular formula is C16H21ClN6O3S. The summed E-state index contributed by atoms with van der Waals surface area (Å²) in [5.41, 5.74) is 0.970. The van der Waals surface area contributed by atoms with Gasteiger partial charge >= 0.3 is 0 Å². The average Bonchev–Trinajstić information content (AvgIpc) is 3.14.